The molecule has 0 aliphatic carbocycles. The molecule has 0 aliphatic rings. The van der Waals surface area contributed by atoms with Gasteiger partial charge < -0.3 is 0 Å². The Hall–Kier alpha value is -1.24. The molecule has 17 heavy (non-hydrogen) atoms. The Morgan fingerprint density at radius 2 is 2.06 bits per heavy atom. The van der Waals surface area contributed by atoms with Crippen LogP contribution in [0.4, 0.5) is 5.69 Å². The zero-order valence-electron chi connectivity index (χ0n) is 8.31. The average molecular weight is 292 g/mol. The van der Waals surface area contributed by atoms with Gasteiger partial charge in [0, 0.05) is 11.2 Å². The highest BCUT2D eigenvalue weighted by atomic mass is 35.5. The number of hydrogen-bond donors (Lipinski definition) is 2. The molecule has 0 spiro atoms. The van der Waals surface area contributed by atoms with Gasteiger partial charge in [0.25, 0.3) is 10.0 Å². The largest absolute Gasteiger partial charge is 0.284 e. The number of halogens is 2. The van der Waals surface area contributed by atoms with E-state index in [2.05, 4.69) is 14.9 Å². The number of sulfonamides is 1. The van der Waals surface area contributed by atoms with Crippen LogP contribution in [0.5, 0.6) is 0 Å². The average Bonchev–Trinajstić information content (AvgIpc) is 2.73. The Kier molecular flexibility index (Phi) is 3.28. The van der Waals surface area contributed by atoms with Crippen LogP contribution < -0.4 is 4.72 Å². The van der Waals surface area contributed by atoms with E-state index in [9.17, 15) is 8.42 Å². The van der Waals surface area contributed by atoms with Gasteiger partial charge in [0.2, 0.25) is 0 Å². The van der Waals surface area contributed by atoms with Gasteiger partial charge in [0.05, 0.1) is 16.9 Å². The maximum Gasteiger partial charge on any atom is 0.263 e. The summed E-state index contributed by atoms with van der Waals surface area (Å²) in [5, 5.41) is 6.52. The summed E-state index contributed by atoms with van der Waals surface area (Å²) in [5.74, 6) is 0. The van der Waals surface area contributed by atoms with Crippen molar-refractivity contribution in [3.8, 4) is 0 Å². The standard InChI is InChI=1S/C9H7Cl2N3O2S/c10-6-1-2-8(11)9(3-6)17(15,16)14-7-4-12-13-5-7/h1-5,14H,(H,12,13). The summed E-state index contributed by atoms with van der Waals surface area (Å²) in [6.07, 6.45) is 2.76. The van der Waals surface area contributed by atoms with E-state index in [-0.39, 0.29) is 9.92 Å². The van der Waals surface area contributed by atoms with Gasteiger partial charge >= 0.3 is 0 Å². The van der Waals surface area contributed by atoms with Crippen molar-refractivity contribution in [2.75, 3.05) is 4.72 Å². The normalized spacial score (nSPS) is 11.4. The molecule has 0 fully saturated rings. The minimum atomic E-state index is -3.76. The van der Waals surface area contributed by atoms with Crippen molar-refractivity contribution in [2.24, 2.45) is 0 Å². The van der Waals surface area contributed by atoms with E-state index in [1.165, 1.54) is 30.6 Å². The first-order chi connectivity index (χ1) is 7.99. The molecule has 2 aromatic rings. The third-order valence-electron chi connectivity index (χ3n) is 1.93. The van der Waals surface area contributed by atoms with Gasteiger partial charge in [0.15, 0.2) is 0 Å². The molecule has 0 saturated heterocycles. The summed E-state index contributed by atoms with van der Waals surface area (Å²) in [4.78, 5) is -0.0760. The smallest absolute Gasteiger partial charge is 0.263 e. The Morgan fingerprint density at radius 3 is 2.71 bits per heavy atom. The predicted molar refractivity (Wildman–Crippen MR) is 65.9 cm³/mol. The molecule has 0 atom stereocenters. The van der Waals surface area contributed by atoms with Crippen LogP contribution in [0.2, 0.25) is 10.0 Å². The van der Waals surface area contributed by atoms with E-state index >= 15 is 0 Å². The zero-order valence-corrected chi connectivity index (χ0v) is 10.6. The first-order valence-electron chi connectivity index (χ1n) is 4.46. The van der Waals surface area contributed by atoms with Crippen molar-refractivity contribution in [1.82, 2.24) is 10.2 Å². The number of H-pyrrole nitrogens is 1. The molecule has 2 N–H and O–H groups in total. The van der Waals surface area contributed by atoms with Crippen molar-refractivity contribution in [3.63, 3.8) is 0 Å². The van der Waals surface area contributed by atoms with Gasteiger partial charge in [-0.15, -0.1) is 0 Å². The van der Waals surface area contributed by atoms with Crippen LogP contribution in [-0.2, 0) is 10.0 Å². The molecule has 0 amide bonds. The Balaban J connectivity index is 2.41. The number of aromatic amines is 1. The molecule has 1 aromatic carbocycles. The number of benzene rings is 1. The van der Waals surface area contributed by atoms with Crippen LogP contribution in [-0.4, -0.2) is 18.6 Å². The summed E-state index contributed by atoms with van der Waals surface area (Å²) in [7, 11) is -3.76. The van der Waals surface area contributed by atoms with Crippen molar-refractivity contribution in [2.45, 2.75) is 4.90 Å². The van der Waals surface area contributed by atoms with Gasteiger partial charge in [-0.25, -0.2) is 8.42 Å². The number of nitrogens with one attached hydrogen (secondary N) is 2. The predicted octanol–water partition coefficient (Wildman–Crippen LogP) is 2.52. The van der Waals surface area contributed by atoms with E-state index in [1.807, 2.05) is 0 Å². The Labute approximate surface area is 108 Å². The lowest BCUT2D eigenvalue weighted by Gasteiger charge is -2.07. The van der Waals surface area contributed by atoms with E-state index in [0.29, 0.717) is 10.7 Å². The number of aromatic nitrogens is 2. The molecule has 1 heterocycles. The third-order valence-corrected chi connectivity index (χ3v) is 4.03. The second-order valence-corrected chi connectivity index (χ2v) is 5.66. The number of anilines is 1. The van der Waals surface area contributed by atoms with Gasteiger partial charge in [-0.3, -0.25) is 9.82 Å². The van der Waals surface area contributed by atoms with Crippen molar-refractivity contribution in [1.29, 1.82) is 0 Å². The monoisotopic (exact) mass is 291 g/mol. The van der Waals surface area contributed by atoms with Crippen LogP contribution in [0.1, 0.15) is 0 Å². The molecule has 5 nitrogen and oxygen atoms in total. The molecule has 0 aliphatic heterocycles. The molecule has 0 unspecified atom stereocenters. The molecule has 8 heteroatoms. The molecule has 2 rings (SSSR count). The maximum atomic E-state index is 12.0. The van der Waals surface area contributed by atoms with Gasteiger partial charge in [0.1, 0.15) is 4.90 Å². The molecule has 0 bridgehead atoms. The van der Waals surface area contributed by atoms with Crippen LogP contribution in [0.25, 0.3) is 0 Å². The summed E-state index contributed by atoms with van der Waals surface area (Å²) >= 11 is 11.6. The fourth-order valence-corrected chi connectivity index (χ4v) is 3.00. The van der Waals surface area contributed by atoms with E-state index in [1.54, 1.807) is 0 Å². The highest BCUT2D eigenvalue weighted by Gasteiger charge is 2.18. The first-order valence-corrected chi connectivity index (χ1v) is 6.69. The fourth-order valence-electron chi connectivity index (χ4n) is 1.20. The summed E-state index contributed by atoms with van der Waals surface area (Å²) in [5.41, 5.74) is 0.320. The summed E-state index contributed by atoms with van der Waals surface area (Å²) in [6.45, 7) is 0. The van der Waals surface area contributed by atoms with Crippen molar-refractivity contribution in [3.05, 3.63) is 40.6 Å². The molecular formula is C9H7Cl2N3O2S. The second kappa shape index (κ2) is 4.56. The second-order valence-electron chi connectivity index (χ2n) is 3.17. The lowest BCUT2D eigenvalue weighted by molar-refractivity contribution is 0.601. The maximum absolute atomic E-state index is 12.0. The molecule has 0 radical (unpaired) electrons. The van der Waals surface area contributed by atoms with Gasteiger partial charge in [-0.2, -0.15) is 5.10 Å². The molecule has 90 valence electrons. The lowest BCUT2D eigenvalue weighted by Crippen LogP contribution is -2.13. The van der Waals surface area contributed by atoms with Crippen molar-refractivity contribution < 1.29 is 8.42 Å². The van der Waals surface area contributed by atoms with Gasteiger partial charge in [-0.1, -0.05) is 23.2 Å². The minimum absolute atomic E-state index is 0.0760. The summed E-state index contributed by atoms with van der Waals surface area (Å²) < 4.78 is 26.3. The molecule has 1 aromatic heterocycles. The Morgan fingerprint density at radius 1 is 1.29 bits per heavy atom. The highest BCUT2D eigenvalue weighted by Crippen LogP contribution is 2.26. The quantitative estimate of drug-likeness (QED) is 0.912. The first kappa shape index (κ1) is 12.2. The van der Waals surface area contributed by atoms with Gasteiger partial charge in [-0.05, 0) is 18.2 Å². The van der Waals surface area contributed by atoms with Crippen LogP contribution in [0, 0.1) is 0 Å². The molecular weight excluding hydrogens is 285 g/mol. The minimum Gasteiger partial charge on any atom is -0.284 e. The van der Waals surface area contributed by atoms with Crippen LogP contribution >= 0.6 is 23.2 Å². The van der Waals surface area contributed by atoms with E-state index in [4.69, 9.17) is 23.2 Å². The van der Waals surface area contributed by atoms with E-state index in [0.717, 1.165) is 0 Å². The topological polar surface area (TPSA) is 74.8 Å². The molecule has 0 saturated carbocycles. The van der Waals surface area contributed by atoms with E-state index < -0.39 is 10.0 Å². The Bertz CT molecular complexity index is 626. The highest BCUT2D eigenvalue weighted by molar-refractivity contribution is 7.92. The lowest BCUT2D eigenvalue weighted by atomic mass is 10.4. The fraction of sp³-hybridized carbons (Fsp3) is 0. The third kappa shape index (κ3) is 2.71. The van der Waals surface area contributed by atoms with Crippen LogP contribution in [0.15, 0.2) is 35.5 Å². The van der Waals surface area contributed by atoms with Crippen molar-refractivity contribution >= 4 is 38.9 Å². The number of nitrogens with zero attached hydrogens (tertiary/aromatic N) is 1. The van der Waals surface area contributed by atoms with Crippen LogP contribution in [0.3, 0.4) is 0 Å². The number of hydrogen-bond acceptors (Lipinski definition) is 3. The zero-order chi connectivity index (χ0) is 12.5. The summed E-state index contributed by atoms with van der Waals surface area (Å²) in [6, 6.07) is 4.22. The number of rotatable bonds is 3. The SMILES string of the molecule is O=S(=O)(Nc1cn[nH]c1)c1cc(Cl)ccc1Cl.